The first kappa shape index (κ1) is 11.0. The van der Waals surface area contributed by atoms with Gasteiger partial charge in [0, 0.05) is 5.56 Å². The number of fused-ring (bicyclic) bond motifs is 1. The maximum Gasteiger partial charge on any atom is 0.167 e. The lowest BCUT2D eigenvalue weighted by Gasteiger charge is -2.22. The number of ether oxygens (including phenoxy) is 2. The number of aliphatic hydroxyl groups is 1. The molecule has 1 aromatic rings. The van der Waals surface area contributed by atoms with Crippen LogP contribution in [-0.4, -0.2) is 18.3 Å². The lowest BCUT2D eigenvalue weighted by atomic mass is 10.1. The number of hydrogen-bond donors (Lipinski definition) is 1. The first-order valence-corrected chi connectivity index (χ1v) is 5.40. The molecule has 1 N–H and O–H groups in total. The Morgan fingerprint density at radius 2 is 2.06 bits per heavy atom. The molecule has 0 spiro atoms. The summed E-state index contributed by atoms with van der Waals surface area (Å²) in [5.41, 5.74) is 1.83. The lowest BCUT2D eigenvalue weighted by Crippen LogP contribution is -2.17. The molecule has 0 radical (unpaired) electrons. The second-order valence-electron chi connectivity index (χ2n) is 4.06. The number of rotatable bonds is 2. The lowest BCUT2D eigenvalue weighted by molar-refractivity contribution is 0.159. The average Bonchev–Trinajstić information content (AvgIpc) is 2.27. The quantitative estimate of drug-likeness (QED) is 0.778. The highest BCUT2D eigenvalue weighted by atomic mass is 16.6. The molecule has 3 nitrogen and oxygen atoms in total. The van der Waals surface area contributed by atoms with Crippen LogP contribution in [-0.2, 0) is 0 Å². The van der Waals surface area contributed by atoms with Gasteiger partial charge < -0.3 is 14.6 Å². The summed E-state index contributed by atoms with van der Waals surface area (Å²) in [6.07, 6.45) is 1.16. The van der Waals surface area contributed by atoms with Gasteiger partial charge in [-0.25, -0.2) is 0 Å². The highest BCUT2D eigenvalue weighted by Gasteiger charge is 2.19. The predicted octanol–water partition coefficient (Wildman–Crippen LogP) is 2.46. The van der Waals surface area contributed by atoms with E-state index in [0.717, 1.165) is 11.1 Å². The van der Waals surface area contributed by atoms with E-state index in [1.165, 1.54) is 0 Å². The van der Waals surface area contributed by atoms with Gasteiger partial charge in [-0.1, -0.05) is 23.8 Å². The van der Waals surface area contributed by atoms with E-state index in [0.29, 0.717) is 24.7 Å². The summed E-state index contributed by atoms with van der Waals surface area (Å²) < 4.78 is 11.0. The molecule has 0 aliphatic carbocycles. The van der Waals surface area contributed by atoms with Crippen molar-refractivity contribution in [1.29, 1.82) is 0 Å². The van der Waals surface area contributed by atoms with E-state index in [9.17, 15) is 5.11 Å². The second-order valence-corrected chi connectivity index (χ2v) is 4.06. The Bertz CT molecular complexity index is 406. The zero-order chi connectivity index (χ0) is 11.5. The Morgan fingerprint density at radius 3 is 2.81 bits per heavy atom. The minimum absolute atomic E-state index is 0.533. The third-order valence-electron chi connectivity index (χ3n) is 2.41. The number of benzene rings is 1. The molecule has 2 rings (SSSR count). The van der Waals surface area contributed by atoms with Crippen molar-refractivity contribution in [2.24, 2.45) is 0 Å². The molecule has 1 unspecified atom stereocenters. The Hall–Kier alpha value is -1.48. The van der Waals surface area contributed by atoms with E-state index in [1.807, 2.05) is 32.0 Å². The standard InChI is InChI=1S/C13H16O3/c1-9(2)8-11(14)10-4-3-5-12-13(10)16-7-6-15-12/h3-5,8,11,14H,6-7H2,1-2H3. The summed E-state index contributed by atoms with van der Waals surface area (Å²) in [4.78, 5) is 0. The summed E-state index contributed by atoms with van der Waals surface area (Å²) in [7, 11) is 0. The van der Waals surface area contributed by atoms with Gasteiger partial charge in [0.15, 0.2) is 11.5 Å². The van der Waals surface area contributed by atoms with Crippen molar-refractivity contribution in [2.45, 2.75) is 20.0 Å². The van der Waals surface area contributed by atoms with Crippen LogP contribution in [0.15, 0.2) is 29.8 Å². The zero-order valence-electron chi connectivity index (χ0n) is 9.56. The Balaban J connectivity index is 2.37. The van der Waals surface area contributed by atoms with Gasteiger partial charge >= 0.3 is 0 Å². The third-order valence-corrected chi connectivity index (χ3v) is 2.41. The smallest absolute Gasteiger partial charge is 0.167 e. The van der Waals surface area contributed by atoms with Gasteiger partial charge in [-0.3, -0.25) is 0 Å². The first-order valence-electron chi connectivity index (χ1n) is 5.40. The van der Waals surface area contributed by atoms with Crippen molar-refractivity contribution >= 4 is 0 Å². The SMILES string of the molecule is CC(C)=CC(O)c1cccc2c1OCCO2. The molecule has 0 saturated heterocycles. The molecular weight excluding hydrogens is 204 g/mol. The molecule has 0 aromatic heterocycles. The fraction of sp³-hybridized carbons (Fsp3) is 0.385. The van der Waals surface area contributed by atoms with E-state index in [4.69, 9.17) is 9.47 Å². The Morgan fingerprint density at radius 1 is 1.31 bits per heavy atom. The fourth-order valence-corrected chi connectivity index (χ4v) is 1.73. The van der Waals surface area contributed by atoms with Gasteiger partial charge in [-0.2, -0.15) is 0 Å². The maximum absolute atomic E-state index is 10.0. The number of para-hydroxylation sites is 1. The second kappa shape index (κ2) is 4.58. The Labute approximate surface area is 95.3 Å². The van der Waals surface area contributed by atoms with E-state index in [-0.39, 0.29) is 0 Å². The monoisotopic (exact) mass is 220 g/mol. The normalized spacial score (nSPS) is 15.4. The number of hydrogen-bond acceptors (Lipinski definition) is 3. The summed E-state index contributed by atoms with van der Waals surface area (Å²) in [5.74, 6) is 1.38. The minimum atomic E-state index is -0.637. The average molecular weight is 220 g/mol. The number of allylic oxidation sites excluding steroid dienone is 1. The highest BCUT2D eigenvalue weighted by molar-refractivity contribution is 5.49. The van der Waals surface area contributed by atoms with Crippen LogP contribution < -0.4 is 9.47 Å². The van der Waals surface area contributed by atoms with Crippen LogP contribution in [0.4, 0.5) is 0 Å². The van der Waals surface area contributed by atoms with Crippen LogP contribution in [0.1, 0.15) is 25.5 Å². The van der Waals surface area contributed by atoms with Crippen molar-refractivity contribution < 1.29 is 14.6 Å². The molecule has 1 atom stereocenters. The molecule has 16 heavy (non-hydrogen) atoms. The minimum Gasteiger partial charge on any atom is -0.486 e. The third kappa shape index (κ3) is 2.19. The fourth-order valence-electron chi connectivity index (χ4n) is 1.73. The maximum atomic E-state index is 10.0. The molecule has 0 saturated carbocycles. The number of aliphatic hydroxyl groups excluding tert-OH is 1. The Kier molecular flexibility index (Phi) is 3.15. The zero-order valence-corrected chi connectivity index (χ0v) is 9.56. The summed E-state index contributed by atoms with van der Waals surface area (Å²) in [6.45, 7) is 5.01. The summed E-state index contributed by atoms with van der Waals surface area (Å²) in [6, 6.07) is 5.58. The van der Waals surface area contributed by atoms with Crippen molar-refractivity contribution in [2.75, 3.05) is 13.2 Å². The summed E-state index contributed by atoms with van der Waals surface area (Å²) in [5, 5.41) is 10.0. The molecule has 1 aliphatic rings. The van der Waals surface area contributed by atoms with Crippen molar-refractivity contribution in [3.63, 3.8) is 0 Å². The molecule has 1 aliphatic heterocycles. The molecule has 1 heterocycles. The van der Waals surface area contributed by atoms with Gasteiger partial charge in [0.2, 0.25) is 0 Å². The van der Waals surface area contributed by atoms with Crippen molar-refractivity contribution in [3.05, 3.63) is 35.4 Å². The van der Waals surface area contributed by atoms with Gasteiger partial charge in [-0.05, 0) is 19.9 Å². The molecule has 0 bridgehead atoms. The van der Waals surface area contributed by atoms with Crippen LogP contribution >= 0.6 is 0 Å². The van der Waals surface area contributed by atoms with E-state index >= 15 is 0 Å². The van der Waals surface area contributed by atoms with Crippen LogP contribution in [0.5, 0.6) is 11.5 Å². The van der Waals surface area contributed by atoms with Gasteiger partial charge in [0.25, 0.3) is 0 Å². The van der Waals surface area contributed by atoms with E-state index in [2.05, 4.69) is 0 Å². The van der Waals surface area contributed by atoms with Gasteiger partial charge in [0.05, 0.1) is 0 Å². The van der Waals surface area contributed by atoms with Crippen LogP contribution in [0.25, 0.3) is 0 Å². The molecule has 3 heteroatoms. The first-order chi connectivity index (χ1) is 7.68. The highest BCUT2D eigenvalue weighted by Crippen LogP contribution is 2.37. The molecule has 86 valence electrons. The van der Waals surface area contributed by atoms with E-state index < -0.39 is 6.10 Å². The van der Waals surface area contributed by atoms with Crippen LogP contribution in [0, 0.1) is 0 Å². The van der Waals surface area contributed by atoms with Crippen molar-refractivity contribution in [1.82, 2.24) is 0 Å². The summed E-state index contributed by atoms with van der Waals surface area (Å²) >= 11 is 0. The largest absolute Gasteiger partial charge is 0.486 e. The van der Waals surface area contributed by atoms with Crippen LogP contribution in [0.3, 0.4) is 0 Å². The van der Waals surface area contributed by atoms with Crippen LogP contribution in [0.2, 0.25) is 0 Å². The topological polar surface area (TPSA) is 38.7 Å². The van der Waals surface area contributed by atoms with Gasteiger partial charge in [-0.15, -0.1) is 0 Å². The predicted molar refractivity (Wildman–Crippen MR) is 61.8 cm³/mol. The molecule has 0 amide bonds. The molecule has 0 fully saturated rings. The van der Waals surface area contributed by atoms with Gasteiger partial charge in [0.1, 0.15) is 19.3 Å². The molecule has 1 aromatic carbocycles. The molecular formula is C13H16O3. The van der Waals surface area contributed by atoms with E-state index in [1.54, 1.807) is 6.08 Å². The van der Waals surface area contributed by atoms with Crippen molar-refractivity contribution in [3.8, 4) is 11.5 Å².